The van der Waals surface area contributed by atoms with Gasteiger partial charge in [0.2, 0.25) is 0 Å². The molecule has 1 aromatic heterocycles. The van der Waals surface area contributed by atoms with Crippen LogP contribution in [0.15, 0.2) is 40.7 Å². The summed E-state index contributed by atoms with van der Waals surface area (Å²) < 4.78 is 0. The van der Waals surface area contributed by atoms with Crippen LogP contribution in [0, 0.1) is 0 Å². The maximum Gasteiger partial charge on any atom is 0.126 e. The van der Waals surface area contributed by atoms with Crippen molar-refractivity contribution in [1.82, 2.24) is 4.90 Å². The van der Waals surface area contributed by atoms with E-state index in [9.17, 15) is 5.11 Å². The van der Waals surface area contributed by atoms with E-state index in [1.165, 1.54) is 17.7 Å². The van der Waals surface area contributed by atoms with E-state index in [2.05, 4.69) is 52.2 Å². The molecule has 1 aliphatic heterocycles. The largest absolute Gasteiger partial charge is 0.507 e. The Morgan fingerprint density at radius 1 is 1.23 bits per heavy atom. The van der Waals surface area contributed by atoms with Gasteiger partial charge in [0.1, 0.15) is 5.75 Å². The molecule has 1 N–H and O–H groups in total. The number of nitrogens with zero attached hydrogens (tertiary/aromatic N) is 3. The molecule has 0 radical (unpaired) electrons. The Bertz CT molecular complexity index is 704. The standard InChI is InChI=1S/C21H29N3OS/c1-3-23(4-2)18-10-9-17(20(25)14-18)15-22-16-19(21-8-7-13-26-21)24-11-5-6-12-24/h7-10,13-15,19,25H,3-6,11-12,16H2,1-2H3/t19-/m0/s1. The maximum atomic E-state index is 10.4. The molecule has 3 rings (SSSR count). The zero-order valence-electron chi connectivity index (χ0n) is 15.8. The summed E-state index contributed by atoms with van der Waals surface area (Å²) in [6.45, 7) is 9.16. The first kappa shape index (κ1) is 18.9. The molecule has 1 atom stereocenters. The van der Waals surface area contributed by atoms with Crippen LogP contribution in [0.25, 0.3) is 0 Å². The van der Waals surface area contributed by atoms with Crippen LogP contribution in [0.3, 0.4) is 0 Å². The van der Waals surface area contributed by atoms with E-state index in [1.807, 2.05) is 18.3 Å². The van der Waals surface area contributed by atoms with Crippen molar-refractivity contribution in [3.05, 3.63) is 46.2 Å². The van der Waals surface area contributed by atoms with Crippen molar-refractivity contribution < 1.29 is 5.11 Å². The molecule has 26 heavy (non-hydrogen) atoms. The average Bonchev–Trinajstić information content (AvgIpc) is 3.35. The minimum absolute atomic E-state index is 0.298. The Balaban J connectivity index is 1.70. The lowest BCUT2D eigenvalue weighted by Crippen LogP contribution is -2.27. The molecule has 2 heterocycles. The molecule has 0 unspecified atom stereocenters. The normalized spacial score (nSPS) is 16.4. The Hall–Kier alpha value is -1.85. The van der Waals surface area contributed by atoms with Crippen molar-refractivity contribution in [2.45, 2.75) is 32.7 Å². The molecule has 0 spiro atoms. The number of aliphatic imine (C=N–C) groups is 1. The summed E-state index contributed by atoms with van der Waals surface area (Å²) in [5.41, 5.74) is 1.84. The summed E-state index contributed by atoms with van der Waals surface area (Å²) in [5, 5.41) is 12.5. The molecule has 1 aromatic carbocycles. The van der Waals surface area contributed by atoms with Crippen LogP contribution in [-0.2, 0) is 0 Å². The molecule has 140 valence electrons. The van der Waals surface area contributed by atoms with Crippen molar-refractivity contribution in [3.8, 4) is 5.75 Å². The van der Waals surface area contributed by atoms with Gasteiger partial charge in [-0.3, -0.25) is 9.89 Å². The molecule has 2 aromatic rings. The van der Waals surface area contributed by atoms with Crippen LogP contribution in [0.2, 0.25) is 0 Å². The second-order valence-electron chi connectivity index (χ2n) is 6.68. The molecular formula is C21H29N3OS. The van der Waals surface area contributed by atoms with Gasteiger partial charge in [-0.15, -0.1) is 11.3 Å². The number of aromatic hydroxyl groups is 1. The van der Waals surface area contributed by atoms with E-state index >= 15 is 0 Å². The van der Waals surface area contributed by atoms with E-state index in [4.69, 9.17) is 0 Å². The van der Waals surface area contributed by atoms with Gasteiger partial charge in [-0.25, -0.2) is 0 Å². The zero-order valence-corrected chi connectivity index (χ0v) is 16.6. The first-order valence-electron chi connectivity index (χ1n) is 9.58. The van der Waals surface area contributed by atoms with E-state index in [1.54, 1.807) is 11.3 Å². The van der Waals surface area contributed by atoms with Crippen LogP contribution in [0.5, 0.6) is 5.75 Å². The van der Waals surface area contributed by atoms with Crippen molar-refractivity contribution in [2.75, 3.05) is 37.6 Å². The SMILES string of the molecule is CCN(CC)c1ccc(C=NC[C@@H](c2cccs2)N2CCCC2)c(O)c1. The van der Waals surface area contributed by atoms with Gasteiger partial charge < -0.3 is 10.0 Å². The first-order valence-corrected chi connectivity index (χ1v) is 10.5. The fourth-order valence-electron chi connectivity index (χ4n) is 3.60. The smallest absolute Gasteiger partial charge is 0.126 e. The minimum atomic E-state index is 0.298. The summed E-state index contributed by atoms with van der Waals surface area (Å²) in [6.07, 6.45) is 4.37. The second kappa shape index (κ2) is 9.19. The highest BCUT2D eigenvalue weighted by atomic mass is 32.1. The Morgan fingerprint density at radius 3 is 2.62 bits per heavy atom. The van der Waals surface area contributed by atoms with Crippen molar-refractivity contribution in [1.29, 1.82) is 0 Å². The lowest BCUT2D eigenvalue weighted by molar-refractivity contribution is 0.255. The third-order valence-corrected chi connectivity index (χ3v) is 6.08. The topological polar surface area (TPSA) is 39.1 Å². The number of benzene rings is 1. The third kappa shape index (κ3) is 4.46. The number of hydrogen-bond donors (Lipinski definition) is 1. The van der Waals surface area contributed by atoms with E-state index in [-0.39, 0.29) is 0 Å². The number of rotatable bonds is 8. The molecule has 1 aliphatic rings. The Labute approximate surface area is 160 Å². The van der Waals surface area contributed by atoms with Crippen LogP contribution in [0.1, 0.15) is 43.2 Å². The van der Waals surface area contributed by atoms with Gasteiger partial charge >= 0.3 is 0 Å². The fraction of sp³-hybridized carbons (Fsp3) is 0.476. The molecule has 0 bridgehead atoms. The van der Waals surface area contributed by atoms with E-state index in [0.29, 0.717) is 11.8 Å². The summed E-state index contributed by atoms with van der Waals surface area (Å²) in [4.78, 5) is 10.8. The first-order chi connectivity index (χ1) is 12.7. The van der Waals surface area contributed by atoms with Crippen LogP contribution >= 0.6 is 11.3 Å². The average molecular weight is 372 g/mol. The van der Waals surface area contributed by atoms with Crippen molar-refractivity contribution >= 4 is 23.2 Å². The van der Waals surface area contributed by atoms with Gasteiger partial charge in [-0.05, 0) is 63.4 Å². The monoisotopic (exact) mass is 371 g/mol. The highest BCUT2D eigenvalue weighted by Gasteiger charge is 2.23. The molecule has 4 nitrogen and oxygen atoms in total. The molecule has 0 saturated carbocycles. The zero-order chi connectivity index (χ0) is 18.4. The van der Waals surface area contributed by atoms with Gasteiger partial charge in [0.15, 0.2) is 0 Å². The van der Waals surface area contributed by atoms with Gasteiger partial charge in [0.05, 0.1) is 12.6 Å². The lowest BCUT2D eigenvalue weighted by atomic mass is 10.1. The summed E-state index contributed by atoms with van der Waals surface area (Å²) >= 11 is 1.81. The van der Waals surface area contributed by atoms with Gasteiger partial charge in [-0.2, -0.15) is 0 Å². The van der Waals surface area contributed by atoms with E-state index < -0.39 is 0 Å². The number of likely N-dealkylation sites (tertiary alicyclic amines) is 1. The highest BCUT2D eigenvalue weighted by Crippen LogP contribution is 2.29. The molecule has 1 fully saturated rings. The maximum absolute atomic E-state index is 10.4. The Morgan fingerprint density at radius 2 is 2.00 bits per heavy atom. The van der Waals surface area contributed by atoms with Gasteiger partial charge in [-0.1, -0.05) is 6.07 Å². The second-order valence-corrected chi connectivity index (χ2v) is 7.66. The molecule has 5 heteroatoms. The quantitative estimate of drug-likeness (QED) is 0.692. The number of thiophene rings is 1. The molecule has 1 saturated heterocycles. The van der Waals surface area contributed by atoms with Crippen LogP contribution in [0.4, 0.5) is 5.69 Å². The summed E-state index contributed by atoms with van der Waals surface area (Å²) in [7, 11) is 0. The third-order valence-electron chi connectivity index (χ3n) is 5.10. The van der Waals surface area contributed by atoms with Crippen LogP contribution in [-0.4, -0.2) is 48.9 Å². The van der Waals surface area contributed by atoms with Crippen molar-refractivity contribution in [3.63, 3.8) is 0 Å². The fourth-order valence-corrected chi connectivity index (χ4v) is 4.45. The predicted molar refractivity (Wildman–Crippen MR) is 112 cm³/mol. The van der Waals surface area contributed by atoms with Crippen LogP contribution < -0.4 is 4.90 Å². The highest BCUT2D eigenvalue weighted by molar-refractivity contribution is 7.10. The predicted octanol–water partition coefficient (Wildman–Crippen LogP) is 4.56. The van der Waals surface area contributed by atoms with Gasteiger partial charge in [0, 0.05) is 41.5 Å². The number of phenols is 1. The number of hydrogen-bond acceptors (Lipinski definition) is 5. The Kier molecular flexibility index (Phi) is 6.69. The molecule has 0 aliphatic carbocycles. The lowest BCUT2D eigenvalue weighted by Gasteiger charge is -2.25. The van der Waals surface area contributed by atoms with Gasteiger partial charge in [0.25, 0.3) is 0 Å². The van der Waals surface area contributed by atoms with E-state index in [0.717, 1.165) is 44.0 Å². The number of phenolic OH excluding ortho intramolecular Hbond substituents is 1. The number of anilines is 1. The minimum Gasteiger partial charge on any atom is -0.507 e. The van der Waals surface area contributed by atoms with Crippen molar-refractivity contribution in [2.24, 2.45) is 4.99 Å². The molecule has 0 amide bonds. The summed E-state index contributed by atoms with van der Waals surface area (Å²) in [5.74, 6) is 0.298. The summed E-state index contributed by atoms with van der Waals surface area (Å²) in [6, 6.07) is 10.5. The molecular weight excluding hydrogens is 342 g/mol.